The molecule has 2 aromatic carbocycles. The van der Waals surface area contributed by atoms with E-state index in [1.54, 1.807) is 12.5 Å². The van der Waals surface area contributed by atoms with Crippen molar-refractivity contribution in [3.05, 3.63) is 66.7 Å². The number of hydrogen-bond donors (Lipinski definition) is 0. The predicted molar refractivity (Wildman–Crippen MR) is 76.2 cm³/mol. The van der Waals surface area contributed by atoms with Crippen molar-refractivity contribution in [1.82, 2.24) is 9.55 Å². The molecule has 20 heavy (non-hydrogen) atoms. The lowest BCUT2D eigenvalue weighted by atomic mass is 10.0. The van der Waals surface area contributed by atoms with Crippen LogP contribution in [0.5, 0.6) is 0 Å². The fourth-order valence-electron chi connectivity index (χ4n) is 2.16. The van der Waals surface area contributed by atoms with Crippen molar-refractivity contribution in [2.24, 2.45) is 0 Å². The van der Waals surface area contributed by atoms with E-state index in [1.165, 1.54) is 0 Å². The average Bonchev–Trinajstić information content (AvgIpc) is 2.97. The highest BCUT2D eigenvalue weighted by atomic mass is 35.5. The summed E-state index contributed by atoms with van der Waals surface area (Å²) in [6.45, 7) is 0.672. The first-order chi connectivity index (χ1) is 9.33. The van der Waals surface area contributed by atoms with Crippen LogP contribution in [0.15, 0.2) is 61.2 Å². The first-order valence-electron chi connectivity index (χ1n) is 6.31. The number of carbonyl (C=O) groups excluding carboxylic acids is 1. The molecule has 3 rings (SSSR count). The maximum Gasteiger partial charge on any atom is 1.00 e. The lowest BCUT2D eigenvalue weighted by Crippen LogP contribution is -3.00. The SMILES string of the molecule is O=C(CCn1ccnc1)c1ccc2ccccc2c1.[Cl-].[H+]. The molecule has 3 nitrogen and oxygen atoms in total. The zero-order chi connectivity index (χ0) is 13.1. The zero-order valence-corrected chi connectivity index (χ0v) is 11.6. The minimum Gasteiger partial charge on any atom is -1.00 e. The van der Waals surface area contributed by atoms with Crippen molar-refractivity contribution in [2.75, 3.05) is 0 Å². The van der Waals surface area contributed by atoms with E-state index in [1.807, 2.05) is 47.2 Å². The molecule has 0 N–H and O–H groups in total. The van der Waals surface area contributed by atoms with E-state index >= 15 is 0 Å². The van der Waals surface area contributed by atoms with Gasteiger partial charge in [-0.15, -0.1) is 0 Å². The highest BCUT2D eigenvalue weighted by Gasteiger charge is 2.06. The molecule has 0 fully saturated rings. The molecule has 0 aliphatic rings. The van der Waals surface area contributed by atoms with Crippen molar-refractivity contribution in [3.63, 3.8) is 0 Å². The van der Waals surface area contributed by atoms with Crippen molar-refractivity contribution in [1.29, 1.82) is 0 Å². The van der Waals surface area contributed by atoms with E-state index < -0.39 is 0 Å². The average molecular weight is 287 g/mol. The minimum absolute atomic E-state index is 0. The van der Waals surface area contributed by atoms with E-state index in [0.29, 0.717) is 13.0 Å². The molecule has 0 spiro atoms. The van der Waals surface area contributed by atoms with E-state index in [0.717, 1.165) is 16.3 Å². The Morgan fingerprint density at radius 3 is 2.70 bits per heavy atom. The highest BCUT2D eigenvalue weighted by molar-refractivity contribution is 5.99. The number of ketones is 1. The van der Waals surface area contributed by atoms with Crippen molar-refractivity contribution >= 4 is 16.6 Å². The summed E-state index contributed by atoms with van der Waals surface area (Å²) in [6, 6.07) is 13.9. The van der Waals surface area contributed by atoms with Gasteiger partial charge in [0.1, 0.15) is 0 Å². The second-order valence-electron chi connectivity index (χ2n) is 4.54. The largest absolute Gasteiger partial charge is 1.00 e. The summed E-state index contributed by atoms with van der Waals surface area (Å²) in [5, 5.41) is 2.27. The Morgan fingerprint density at radius 2 is 1.95 bits per heavy atom. The number of rotatable bonds is 4. The molecule has 0 radical (unpaired) electrons. The number of aromatic nitrogens is 2. The van der Waals surface area contributed by atoms with Gasteiger partial charge in [-0.3, -0.25) is 4.79 Å². The smallest absolute Gasteiger partial charge is 1.00 e. The predicted octanol–water partition coefficient (Wildman–Crippen LogP) is 0.426. The fraction of sp³-hybridized carbons (Fsp3) is 0.125. The molecule has 0 saturated carbocycles. The molecule has 1 heterocycles. The van der Waals surface area contributed by atoms with Crippen LogP contribution in [-0.2, 0) is 6.54 Å². The minimum atomic E-state index is 0. The Balaban J connectivity index is 0.00000110. The lowest BCUT2D eigenvalue weighted by molar-refractivity contribution is -0.0000118. The first kappa shape index (κ1) is 14.3. The van der Waals surface area contributed by atoms with Gasteiger partial charge in [-0.2, -0.15) is 0 Å². The summed E-state index contributed by atoms with van der Waals surface area (Å²) in [6.07, 6.45) is 5.82. The van der Waals surface area contributed by atoms with E-state index in [2.05, 4.69) is 11.1 Å². The zero-order valence-electron chi connectivity index (χ0n) is 11.9. The van der Waals surface area contributed by atoms with Gasteiger partial charge >= 0.3 is 1.43 Å². The summed E-state index contributed by atoms with van der Waals surface area (Å²) >= 11 is 0. The number of hydrogen-bond acceptors (Lipinski definition) is 2. The topological polar surface area (TPSA) is 34.9 Å². The maximum absolute atomic E-state index is 12.1. The van der Waals surface area contributed by atoms with Crippen LogP contribution >= 0.6 is 0 Å². The van der Waals surface area contributed by atoms with E-state index in [4.69, 9.17) is 0 Å². The van der Waals surface area contributed by atoms with Gasteiger partial charge in [0.15, 0.2) is 5.78 Å². The summed E-state index contributed by atoms with van der Waals surface area (Å²) in [7, 11) is 0. The van der Waals surface area contributed by atoms with Gasteiger partial charge in [0.2, 0.25) is 0 Å². The van der Waals surface area contributed by atoms with Crippen LogP contribution in [0, 0.1) is 0 Å². The summed E-state index contributed by atoms with van der Waals surface area (Å²) in [4.78, 5) is 16.1. The molecular weight excluding hydrogens is 272 g/mol. The first-order valence-corrected chi connectivity index (χ1v) is 6.31. The van der Waals surface area contributed by atoms with Crippen LogP contribution in [0.1, 0.15) is 18.2 Å². The molecule has 0 aliphatic carbocycles. The van der Waals surface area contributed by atoms with Gasteiger partial charge < -0.3 is 17.0 Å². The number of imidazole rings is 1. The van der Waals surface area contributed by atoms with Crippen molar-refractivity contribution in [3.8, 4) is 0 Å². The van der Waals surface area contributed by atoms with Gasteiger partial charge in [0.05, 0.1) is 6.33 Å². The summed E-state index contributed by atoms with van der Waals surface area (Å²) in [5.74, 6) is 0.166. The van der Waals surface area contributed by atoms with Crippen LogP contribution in [0.25, 0.3) is 10.8 Å². The third kappa shape index (κ3) is 3.06. The molecular formula is C16H15ClN2O. The third-order valence-corrected chi connectivity index (χ3v) is 3.23. The Hall–Kier alpha value is -2.13. The van der Waals surface area contributed by atoms with Crippen LogP contribution in [-0.4, -0.2) is 15.3 Å². The van der Waals surface area contributed by atoms with Crippen LogP contribution in [0.2, 0.25) is 0 Å². The second kappa shape index (κ2) is 6.35. The number of Topliss-reactive ketones (excluding diaryl/α,β-unsaturated/α-hetero) is 1. The van der Waals surface area contributed by atoms with Gasteiger partial charge in [-0.05, 0) is 16.8 Å². The molecule has 0 amide bonds. The normalized spacial score (nSPS) is 10.2. The van der Waals surface area contributed by atoms with E-state index in [-0.39, 0.29) is 19.6 Å². The molecule has 4 heteroatoms. The Kier molecular flexibility index (Phi) is 4.53. The second-order valence-corrected chi connectivity index (χ2v) is 4.54. The Bertz CT molecular complexity index is 713. The monoisotopic (exact) mass is 286 g/mol. The number of carbonyl (C=O) groups is 1. The molecule has 3 aromatic rings. The number of nitrogens with zero attached hydrogens (tertiary/aromatic N) is 2. The quantitative estimate of drug-likeness (QED) is 0.652. The van der Waals surface area contributed by atoms with E-state index in [9.17, 15) is 4.79 Å². The summed E-state index contributed by atoms with van der Waals surface area (Å²) < 4.78 is 1.92. The maximum atomic E-state index is 12.1. The molecule has 0 bridgehead atoms. The van der Waals surface area contributed by atoms with Crippen molar-refractivity contribution < 1.29 is 18.6 Å². The fourth-order valence-corrected chi connectivity index (χ4v) is 2.16. The third-order valence-electron chi connectivity index (χ3n) is 3.23. The number of fused-ring (bicyclic) bond motifs is 1. The molecule has 102 valence electrons. The highest BCUT2D eigenvalue weighted by Crippen LogP contribution is 2.16. The summed E-state index contributed by atoms with van der Waals surface area (Å²) in [5.41, 5.74) is 0.777. The van der Waals surface area contributed by atoms with Gasteiger partial charge in [0, 0.05) is 30.9 Å². The molecule has 0 aliphatic heterocycles. The van der Waals surface area contributed by atoms with Crippen molar-refractivity contribution in [2.45, 2.75) is 13.0 Å². The molecule has 0 unspecified atom stereocenters. The Labute approximate surface area is 125 Å². The lowest BCUT2D eigenvalue weighted by Gasteiger charge is -2.04. The van der Waals surface area contributed by atoms with Crippen LogP contribution < -0.4 is 12.4 Å². The van der Waals surface area contributed by atoms with Gasteiger partial charge in [-0.1, -0.05) is 36.4 Å². The Morgan fingerprint density at radius 1 is 1.15 bits per heavy atom. The van der Waals surface area contributed by atoms with Gasteiger partial charge in [-0.25, -0.2) is 4.98 Å². The number of benzene rings is 2. The standard InChI is InChI=1S/C16H14N2O.ClH/c19-16(7-9-18-10-8-17-12-18)15-6-5-13-3-1-2-4-14(13)11-15;/h1-6,8,10-12H,7,9H2;1H. The molecule has 0 atom stereocenters. The van der Waals surface area contributed by atoms with Crippen LogP contribution in [0.3, 0.4) is 0 Å². The number of aryl methyl sites for hydroxylation is 1. The van der Waals surface area contributed by atoms with Crippen LogP contribution in [0.4, 0.5) is 0 Å². The molecule has 1 aromatic heterocycles. The molecule has 0 saturated heterocycles. The number of halogens is 1. The van der Waals surface area contributed by atoms with Gasteiger partial charge in [0.25, 0.3) is 0 Å².